The standard InChI is InChI=1S/C2H2N4O3/c3-1-2(4-7)6(8)9-5-1/h(H2,3,5). The van der Waals surface area contributed by atoms with Gasteiger partial charge in [0.1, 0.15) is 5.18 Å². The fourth-order valence-corrected chi connectivity index (χ4v) is 0.334. The molecule has 0 aliphatic heterocycles. The van der Waals surface area contributed by atoms with E-state index in [4.69, 9.17) is 5.73 Å². The van der Waals surface area contributed by atoms with Crippen molar-refractivity contribution in [2.45, 2.75) is 0 Å². The van der Waals surface area contributed by atoms with Crippen molar-refractivity contribution >= 4 is 11.6 Å². The molecule has 48 valence electrons. The molecular formula is C2H2N4O3. The first-order valence-electron chi connectivity index (χ1n) is 1.94. The van der Waals surface area contributed by atoms with E-state index in [1.165, 1.54) is 0 Å². The molecule has 0 aliphatic carbocycles. The number of nitrogen functional groups attached to an aromatic ring is 1. The van der Waals surface area contributed by atoms with Crippen LogP contribution in [0.25, 0.3) is 0 Å². The van der Waals surface area contributed by atoms with Crippen molar-refractivity contribution in [1.29, 1.82) is 0 Å². The molecule has 0 bridgehead atoms. The van der Waals surface area contributed by atoms with Crippen LogP contribution in [0.4, 0.5) is 11.6 Å². The molecule has 7 heteroatoms. The minimum atomic E-state index is -0.546. The Labute approximate surface area is 48.6 Å². The van der Waals surface area contributed by atoms with Crippen molar-refractivity contribution in [2.24, 2.45) is 5.18 Å². The summed E-state index contributed by atoms with van der Waals surface area (Å²) in [7, 11) is 0. The van der Waals surface area contributed by atoms with Gasteiger partial charge in [0.2, 0.25) is 0 Å². The van der Waals surface area contributed by atoms with E-state index >= 15 is 0 Å². The van der Waals surface area contributed by atoms with Gasteiger partial charge in [-0.05, 0) is 5.16 Å². The van der Waals surface area contributed by atoms with Crippen LogP contribution in [0.1, 0.15) is 0 Å². The van der Waals surface area contributed by atoms with Gasteiger partial charge in [-0.15, -0.1) is 0 Å². The van der Waals surface area contributed by atoms with Gasteiger partial charge in [-0.25, -0.2) is 0 Å². The minimum absolute atomic E-state index is 0.164. The molecule has 0 amide bonds. The number of nitroso groups, excluding NO2 is 1. The first-order valence-corrected chi connectivity index (χ1v) is 1.94. The van der Waals surface area contributed by atoms with E-state index in [2.05, 4.69) is 15.0 Å². The largest absolute Gasteiger partial charge is 0.406 e. The topological polar surface area (TPSA) is 108 Å². The Bertz CT molecular complexity index is 210. The molecule has 0 saturated carbocycles. The van der Waals surface area contributed by atoms with Crippen molar-refractivity contribution in [1.82, 2.24) is 5.16 Å². The summed E-state index contributed by atoms with van der Waals surface area (Å²) >= 11 is 0. The van der Waals surface area contributed by atoms with Crippen molar-refractivity contribution in [3.63, 3.8) is 0 Å². The van der Waals surface area contributed by atoms with E-state index in [1.807, 2.05) is 0 Å². The van der Waals surface area contributed by atoms with Crippen molar-refractivity contribution < 1.29 is 9.53 Å². The lowest BCUT2D eigenvalue weighted by atomic mass is 10.7. The summed E-state index contributed by atoms with van der Waals surface area (Å²) in [5.74, 6) is -0.852. The summed E-state index contributed by atoms with van der Waals surface area (Å²) in [5, 5.41) is 15.4. The van der Waals surface area contributed by atoms with Gasteiger partial charge >= 0.3 is 11.6 Å². The van der Waals surface area contributed by atoms with E-state index < -0.39 is 5.82 Å². The number of hydrogen-bond acceptors (Lipinski definition) is 6. The Morgan fingerprint density at radius 3 is 2.78 bits per heavy atom. The lowest BCUT2D eigenvalue weighted by Crippen LogP contribution is -2.22. The smallest absolute Gasteiger partial charge is 0.390 e. The predicted molar refractivity (Wildman–Crippen MR) is 25.3 cm³/mol. The number of hydrogen-bond donors (Lipinski definition) is 1. The fraction of sp³-hybridized carbons (Fsp3) is 0. The van der Waals surface area contributed by atoms with Crippen LogP contribution in [0.5, 0.6) is 0 Å². The van der Waals surface area contributed by atoms with Crippen LogP contribution in [0.15, 0.2) is 9.81 Å². The maximum absolute atomic E-state index is 10.2. The molecule has 0 aliphatic rings. The van der Waals surface area contributed by atoms with Gasteiger partial charge in [0, 0.05) is 0 Å². The Kier molecular flexibility index (Phi) is 1.03. The zero-order valence-corrected chi connectivity index (χ0v) is 4.14. The average Bonchev–Trinajstić information content (AvgIpc) is 2.12. The van der Waals surface area contributed by atoms with Gasteiger partial charge < -0.3 is 15.6 Å². The van der Waals surface area contributed by atoms with E-state index in [0.29, 0.717) is 0 Å². The molecule has 0 atom stereocenters. The van der Waals surface area contributed by atoms with Crippen LogP contribution in [0, 0.1) is 10.1 Å². The fourth-order valence-electron chi connectivity index (χ4n) is 0.334. The second-order valence-electron chi connectivity index (χ2n) is 1.23. The number of rotatable bonds is 1. The Morgan fingerprint density at radius 2 is 2.56 bits per heavy atom. The second kappa shape index (κ2) is 1.69. The summed E-state index contributed by atoms with van der Waals surface area (Å²) < 4.78 is 3.88. The summed E-state index contributed by atoms with van der Waals surface area (Å²) in [5.41, 5.74) is 4.93. The molecule has 1 aromatic rings. The highest BCUT2D eigenvalue weighted by molar-refractivity contribution is 5.44. The van der Waals surface area contributed by atoms with Crippen LogP contribution < -0.4 is 10.6 Å². The van der Waals surface area contributed by atoms with E-state index in [-0.39, 0.29) is 10.7 Å². The molecule has 0 radical (unpaired) electrons. The van der Waals surface area contributed by atoms with Crippen LogP contribution in [-0.2, 0) is 0 Å². The molecule has 2 N–H and O–H groups in total. The molecule has 7 nitrogen and oxygen atoms in total. The zero-order valence-electron chi connectivity index (χ0n) is 4.14. The van der Waals surface area contributed by atoms with Crippen molar-refractivity contribution in [3.8, 4) is 0 Å². The van der Waals surface area contributed by atoms with Crippen LogP contribution in [-0.4, -0.2) is 5.16 Å². The van der Waals surface area contributed by atoms with Crippen molar-refractivity contribution in [2.75, 3.05) is 5.73 Å². The van der Waals surface area contributed by atoms with Gasteiger partial charge in [-0.2, -0.15) is 0 Å². The zero-order chi connectivity index (χ0) is 6.85. The first kappa shape index (κ1) is 5.48. The highest BCUT2D eigenvalue weighted by Gasteiger charge is 2.15. The molecule has 0 fully saturated rings. The van der Waals surface area contributed by atoms with Crippen LogP contribution in [0.2, 0.25) is 0 Å². The first-order chi connectivity index (χ1) is 4.25. The second-order valence-corrected chi connectivity index (χ2v) is 1.23. The molecule has 1 heterocycles. The Balaban J connectivity index is 3.22. The third-order valence-corrected chi connectivity index (χ3v) is 0.702. The highest BCUT2D eigenvalue weighted by Crippen LogP contribution is 2.10. The number of aromatic nitrogens is 2. The lowest BCUT2D eigenvalue weighted by molar-refractivity contribution is -0.791. The lowest BCUT2D eigenvalue weighted by Gasteiger charge is -1.80. The SMILES string of the molecule is Nc1no[n+]([O-])c1N=O. The Morgan fingerprint density at radius 1 is 1.89 bits per heavy atom. The Hall–Kier alpha value is -1.66. The highest BCUT2D eigenvalue weighted by atomic mass is 16.8. The van der Waals surface area contributed by atoms with E-state index in [1.54, 1.807) is 0 Å². The summed E-state index contributed by atoms with van der Waals surface area (Å²) in [4.78, 5) is 9.49. The van der Waals surface area contributed by atoms with Gasteiger partial charge in [0.15, 0.2) is 0 Å². The third-order valence-electron chi connectivity index (χ3n) is 0.702. The molecule has 1 aromatic heterocycles. The minimum Gasteiger partial charge on any atom is -0.390 e. The monoisotopic (exact) mass is 130 g/mol. The summed E-state index contributed by atoms with van der Waals surface area (Å²) in [6.07, 6.45) is 0. The molecule has 0 spiro atoms. The molecule has 1 rings (SSSR count). The van der Waals surface area contributed by atoms with Gasteiger partial charge in [0.25, 0.3) is 0 Å². The van der Waals surface area contributed by atoms with Gasteiger partial charge in [0.05, 0.1) is 0 Å². The summed E-state index contributed by atoms with van der Waals surface area (Å²) in [6.45, 7) is 0. The molecule has 0 aromatic carbocycles. The third kappa shape index (κ3) is 0.671. The van der Waals surface area contributed by atoms with Crippen LogP contribution in [0.3, 0.4) is 0 Å². The molecule has 0 unspecified atom stereocenters. The number of anilines is 1. The quantitative estimate of drug-likeness (QED) is 0.398. The molecule has 9 heavy (non-hydrogen) atoms. The average molecular weight is 130 g/mol. The number of nitrogens with zero attached hydrogens (tertiary/aromatic N) is 3. The molecular weight excluding hydrogens is 128 g/mol. The normalized spacial score (nSPS) is 9.33. The maximum atomic E-state index is 10.2. The van der Waals surface area contributed by atoms with Crippen LogP contribution >= 0.6 is 0 Å². The van der Waals surface area contributed by atoms with Gasteiger partial charge in [-0.1, -0.05) is 9.81 Å². The van der Waals surface area contributed by atoms with Gasteiger partial charge in [-0.3, -0.25) is 0 Å². The summed E-state index contributed by atoms with van der Waals surface area (Å²) in [6, 6.07) is 0. The predicted octanol–water partition coefficient (Wildman–Crippen LogP) is -0.712. The van der Waals surface area contributed by atoms with E-state index in [0.717, 1.165) is 0 Å². The molecule has 0 saturated heterocycles. The number of nitrogens with two attached hydrogens (primary N) is 1. The van der Waals surface area contributed by atoms with E-state index in [9.17, 15) is 10.1 Å². The van der Waals surface area contributed by atoms with Crippen molar-refractivity contribution in [3.05, 3.63) is 10.1 Å². The maximum Gasteiger partial charge on any atom is 0.406 e.